The average molecular weight is 365 g/mol. The van der Waals surface area contributed by atoms with Crippen molar-refractivity contribution in [2.45, 2.75) is 18.9 Å². The van der Waals surface area contributed by atoms with Gasteiger partial charge in [-0.05, 0) is 43.2 Å². The van der Waals surface area contributed by atoms with Crippen LogP contribution in [0.4, 0.5) is 0 Å². The zero-order valence-corrected chi connectivity index (χ0v) is 15.1. The summed E-state index contributed by atoms with van der Waals surface area (Å²) < 4.78 is 12.0. The van der Waals surface area contributed by atoms with Crippen molar-refractivity contribution in [3.8, 4) is 17.2 Å². The highest BCUT2D eigenvalue weighted by Gasteiger charge is 2.24. The second-order valence-corrected chi connectivity index (χ2v) is 6.44. The maximum absolute atomic E-state index is 13.0. The molecule has 0 bridgehead atoms. The number of aromatic nitrogens is 2. The smallest absolute Gasteiger partial charge is 0.265 e. The Morgan fingerprint density at radius 2 is 1.96 bits per heavy atom. The molecule has 0 saturated heterocycles. The van der Waals surface area contributed by atoms with Crippen molar-refractivity contribution < 1.29 is 14.3 Å². The van der Waals surface area contributed by atoms with Gasteiger partial charge in [0.25, 0.3) is 11.5 Å². The summed E-state index contributed by atoms with van der Waals surface area (Å²) >= 11 is 0. The molecular weight excluding hydrogens is 346 g/mol. The van der Waals surface area contributed by atoms with Crippen LogP contribution in [0.25, 0.3) is 16.6 Å². The molecule has 0 radical (unpaired) electrons. The molecule has 1 aromatic heterocycles. The van der Waals surface area contributed by atoms with Crippen molar-refractivity contribution in [3.63, 3.8) is 0 Å². The third-order valence-corrected chi connectivity index (χ3v) is 4.58. The largest absolute Gasteiger partial charge is 0.497 e. The van der Waals surface area contributed by atoms with E-state index in [1.807, 2.05) is 0 Å². The Morgan fingerprint density at radius 1 is 1.15 bits per heavy atom. The predicted molar refractivity (Wildman–Crippen MR) is 101 cm³/mol. The van der Waals surface area contributed by atoms with Gasteiger partial charge in [0.15, 0.2) is 0 Å². The van der Waals surface area contributed by atoms with Gasteiger partial charge < -0.3 is 14.8 Å². The summed E-state index contributed by atoms with van der Waals surface area (Å²) in [4.78, 5) is 29.6. The van der Waals surface area contributed by atoms with Gasteiger partial charge in [-0.15, -0.1) is 0 Å². The molecule has 1 heterocycles. The van der Waals surface area contributed by atoms with E-state index >= 15 is 0 Å². The van der Waals surface area contributed by atoms with E-state index in [0.717, 1.165) is 12.8 Å². The van der Waals surface area contributed by atoms with Crippen LogP contribution >= 0.6 is 0 Å². The second kappa shape index (κ2) is 6.75. The predicted octanol–water partition coefficient (Wildman–Crippen LogP) is 2.30. The van der Waals surface area contributed by atoms with Crippen molar-refractivity contribution in [1.82, 2.24) is 14.9 Å². The van der Waals surface area contributed by atoms with Crippen molar-refractivity contribution in [2.75, 3.05) is 14.2 Å². The van der Waals surface area contributed by atoms with Crippen LogP contribution in [-0.4, -0.2) is 35.7 Å². The summed E-state index contributed by atoms with van der Waals surface area (Å²) in [5.41, 5.74) is 1.26. The Kier molecular flexibility index (Phi) is 4.27. The number of amides is 1. The summed E-state index contributed by atoms with van der Waals surface area (Å²) in [5, 5.41) is 3.36. The van der Waals surface area contributed by atoms with Gasteiger partial charge in [0.2, 0.25) is 0 Å². The molecule has 1 N–H and O–H groups in total. The fourth-order valence-corrected chi connectivity index (χ4v) is 2.92. The molecule has 1 amide bonds. The van der Waals surface area contributed by atoms with E-state index in [9.17, 15) is 9.59 Å². The molecule has 0 unspecified atom stereocenters. The van der Waals surface area contributed by atoms with Gasteiger partial charge in [0, 0.05) is 17.7 Å². The van der Waals surface area contributed by atoms with Gasteiger partial charge >= 0.3 is 0 Å². The third kappa shape index (κ3) is 3.23. The number of nitrogens with zero attached hydrogens (tertiary/aromatic N) is 2. The zero-order chi connectivity index (χ0) is 19.0. The van der Waals surface area contributed by atoms with E-state index in [-0.39, 0.29) is 17.5 Å². The standard InChI is InChI=1S/C20H19N3O4/c1-26-14-6-8-18(27-2)17(10-14)23-11-21-16-9-12(3-7-15(16)20(23)25)19(24)22-13-4-5-13/h3,6-11,13H,4-5H2,1-2H3,(H,22,24). The van der Waals surface area contributed by atoms with Crippen LogP contribution < -0.4 is 20.3 Å². The van der Waals surface area contributed by atoms with Crippen LogP contribution in [0, 0.1) is 0 Å². The lowest BCUT2D eigenvalue weighted by atomic mass is 10.1. The minimum atomic E-state index is -0.249. The Balaban J connectivity index is 1.79. The van der Waals surface area contributed by atoms with Gasteiger partial charge in [-0.25, -0.2) is 4.98 Å². The third-order valence-electron chi connectivity index (χ3n) is 4.58. The molecule has 1 aliphatic carbocycles. The highest BCUT2D eigenvalue weighted by Crippen LogP contribution is 2.27. The van der Waals surface area contributed by atoms with Crippen molar-refractivity contribution in [3.05, 3.63) is 58.6 Å². The molecule has 4 rings (SSSR count). The molecule has 0 atom stereocenters. The normalized spacial score (nSPS) is 13.4. The van der Waals surface area contributed by atoms with Crippen LogP contribution in [0.3, 0.4) is 0 Å². The molecule has 1 aliphatic rings. The number of hydrogen-bond donors (Lipinski definition) is 1. The van der Waals surface area contributed by atoms with Crippen LogP contribution in [0.1, 0.15) is 23.2 Å². The first kappa shape index (κ1) is 17.1. The maximum Gasteiger partial charge on any atom is 0.265 e. The fraction of sp³-hybridized carbons (Fsp3) is 0.250. The van der Waals surface area contributed by atoms with Crippen LogP contribution in [-0.2, 0) is 0 Å². The van der Waals surface area contributed by atoms with E-state index in [4.69, 9.17) is 9.47 Å². The number of benzene rings is 2. The van der Waals surface area contributed by atoms with E-state index in [0.29, 0.717) is 33.7 Å². The summed E-state index contributed by atoms with van der Waals surface area (Å²) in [6.45, 7) is 0. The van der Waals surface area contributed by atoms with Gasteiger partial charge in [-0.3, -0.25) is 14.2 Å². The summed E-state index contributed by atoms with van der Waals surface area (Å²) in [6, 6.07) is 10.4. The second-order valence-electron chi connectivity index (χ2n) is 6.44. The lowest BCUT2D eigenvalue weighted by Crippen LogP contribution is -2.25. The number of rotatable bonds is 5. The monoisotopic (exact) mass is 365 g/mol. The Morgan fingerprint density at radius 3 is 2.67 bits per heavy atom. The number of nitrogens with one attached hydrogen (secondary N) is 1. The van der Waals surface area contributed by atoms with Crippen LogP contribution in [0.15, 0.2) is 47.5 Å². The van der Waals surface area contributed by atoms with Gasteiger partial charge in [0.05, 0.1) is 30.8 Å². The molecular formula is C20H19N3O4. The molecule has 7 heteroatoms. The molecule has 27 heavy (non-hydrogen) atoms. The molecule has 2 aromatic carbocycles. The van der Waals surface area contributed by atoms with Crippen molar-refractivity contribution in [1.29, 1.82) is 0 Å². The first-order valence-electron chi connectivity index (χ1n) is 8.65. The van der Waals surface area contributed by atoms with E-state index in [1.165, 1.54) is 18.0 Å². The summed E-state index contributed by atoms with van der Waals surface area (Å²) in [6.07, 6.45) is 3.47. The van der Waals surface area contributed by atoms with Gasteiger partial charge in [-0.2, -0.15) is 0 Å². The number of hydrogen-bond acceptors (Lipinski definition) is 5. The number of fused-ring (bicyclic) bond motifs is 1. The Bertz CT molecular complexity index is 1090. The van der Waals surface area contributed by atoms with Crippen LogP contribution in [0.5, 0.6) is 11.5 Å². The summed E-state index contributed by atoms with van der Waals surface area (Å²) in [5.74, 6) is 0.990. The minimum Gasteiger partial charge on any atom is -0.497 e. The maximum atomic E-state index is 13.0. The molecule has 3 aromatic rings. The molecule has 7 nitrogen and oxygen atoms in total. The lowest BCUT2D eigenvalue weighted by Gasteiger charge is -2.13. The van der Waals surface area contributed by atoms with E-state index in [2.05, 4.69) is 10.3 Å². The molecule has 1 saturated carbocycles. The van der Waals surface area contributed by atoms with E-state index < -0.39 is 0 Å². The Hall–Kier alpha value is -3.35. The number of carbonyl (C=O) groups excluding carboxylic acids is 1. The van der Waals surface area contributed by atoms with Crippen LogP contribution in [0.2, 0.25) is 0 Å². The average Bonchev–Trinajstić information content (AvgIpc) is 3.51. The topological polar surface area (TPSA) is 82.4 Å². The minimum absolute atomic E-state index is 0.139. The lowest BCUT2D eigenvalue weighted by molar-refractivity contribution is 0.0951. The fourth-order valence-electron chi connectivity index (χ4n) is 2.92. The van der Waals surface area contributed by atoms with Gasteiger partial charge in [0.1, 0.15) is 17.8 Å². The van der Waals surface area contributed by atoms with Crippen molar-refractivity contribution in [2.24, 2.45) is 0 Å². The van der Waals surface area contributed by atoms with Crippen molar-refractivity contribution >= 4 is 16.8 Å². The molecule has 1 fully saturated rings. The SMILES string of the molecule is COc1ccc(OC)c(-n2cnc3cc(C(=O)NC4CC4)ccc3c2=O)c1. The first-order chi connectivity index (χ1) is 13.1. The number of carbonyl (C=O) groups is 1. The molecule has 138 valence electrons. The zero-order valence-electron chi connectivity index (χ0n) is 15.1. The van der Waals surface area contributed by atoms with E-state index in [1.54, 1.807) is 43.5 Å². The highest BCUT2D eigenvalue weighted by atomic mass is 16.5. The quantitative estimate of drug-likeness (QED) is 0.750. The highest BCUT2D eigenvalue weighted by molar-refractivity contribution is 5.97. The molecule has 0 aliphatic heterocycles. The summed E-state index contributed by atoms with van der Waals surface area (Å²) in [7, 11) is 3.09. The Labute approximate surface area is 155 Å². The van der Waals surface area contributed by atoms with Gasteiger partial charge in [-0.1, -0.05) is 0 Å². The molecule has 0 spiro atoms. The first-order valence-corrected chi connectivity index (χ1v) is 8.65. The number of ether oxygens (including phenoxy) is 2. The number of methoxy groups -OCH3 is 2.